The molecular formula is C17H15BrN4O4. The molecule has 1 amide bonds. The van der Waals surface area contributed by atoms with Crippen LogP contribution in [-0.4, -0.2) is 32.2 Å². The third-order valence-corrected chi connectivity index (χ3v) is 4.32. The molecule has 0 aliphatic rings. The topological polar surface area (TPSA) is 121 Å². The van der Waals surface area contributed by atoms with E-state index >= 15 is 0 Å². The Morgan fingerprint density at radius 3 is 2.77 bits per heavy atom. The highest BCUT2D eigenvalue weighted by molar-refractivity contribution is 9.10. The fourth-order valence-corrected chi connectivity index (χ4v) is 3.06. The molecule has 0 fully saturated rings. The zero-order chi connectivity index (χ0) is 18.8. The van der Waals surface area contributed by atoms with Crippen molar-refractivity contribution >= 4 is 27.8 Å². The summed E-state index contributed by atoms with van der Waals surface area (Å²) in [6.07, 6.45) is -1.18. The highest BCUT2D eigenvalue weighted by Crippen LogP contribution is 2.29. The summed E-state index contributed by atoms with van der Waals surface area (Å²) in [6, 6.07) is 7.16. The van der Waals surface area contributed by atoms with Gasteiger partial charge in [-0.1, -0.05) is 28.1 Å². The number of hydrogen-bond acceptors (Lipinski definition) is 5. The van der Waals surface area contributed by atoms with Gasteiger partial charge in [-0.25, -0.2) is 4.79 Å². The Morgan fingerprint density at radius 2 is 2.08 bits per heavy atom. The highest BCUT2D eigenvalue weighted by Gasteiger charge is 2.23. The van der Waals surface area contributed by atoms with E-state index in [0.717, 1.165) is 4.47 Å². The Balaban J connectivity index is 1.93. The van der Waals surface area contributed by atoms with Gasteiger partial charge in [-0.15, -0.1) is 10.2 Å². The lowest BCUT2D eigenvalue weighted by molar-refractivity contribution is 0.103. The fraction of sp³-hybridized carbons (Fsp3) is 0.176. The van der Waals surface area contributed by atoms with E-state index in [-0.39, 0.29) is 24.1 Å². The quantitative estimate of drug-likeness (QED) is 0.545. The molecule has 3 aromatic rings. The molecule has 1 aromatic carbocycles. The van der Waals surface area contributed by atoms with Crippen molar-refractivity contribution in [3.05, 3.63) is 57.0 Å². The number of halogens is 1. The van der Waals surface area contributed by atoms with Gasteiger partial charge in [0.05, 0.1) is 6.54 Å². The van der Waals surface area contributed by atoms with Gasteiger partial charge in [-0.2, -0.15) is 0 Å². The molecule has 3 rings (SSSR count). The molecule has 26 heavy (non-hydrogen) atoms. The van der Waals surface area contributed by atoms with E-state index in [1.807, 2.05) is 6.07 Å². The van der Waals surface area contributed by atoms with Gasteiger partial charge in [0.15, 0.2) is 5.78 Å². The molecule has 2 heterocycles. The van der Waals surface area contributed by atoms with E-state index in [1.54, 1.807) is 32.0 Å². The number of nitrogens with one attached hydrogen (secondary N) is 2. The minimum atomic E-state index is -1.18. The van der Waals surface area contributed by atoms with Crippen LogP contribution in [0.3, 0.4) is 0 Å². The van der Waals surface area contributed by atoms with Crippen LogP contribution in [0.5, 0.6) is 0 Å². The van der Waals surface area contributed by atoms with Gasteiger partial charge in [-0.05, 0) is 31.5 Å². The minimum absolute atomic E-state index is 0.0924. The first-order valence-corrected chi connectivity index (χ1v) is 8.45. The molecule has 0 bridgehead atoms. The second kappa shape index (κ2) is 7.12. The van der Waals surface area contributed by atoms with Crippen molar-refractivity contribution < 1.29 is 19.1 Å². The molecule has 0 spiro atoms. The van der Waals surface area contributed by atoms with Crippen molar-refractivity contribution in [3.63, 3.8) is 0 Å². The van der Waals surface area contributed by atoms with Gasteiger partial charge in [0.25, 0.3) is 5.89 Å². The average molecular weight is 419 g/mol. The van der Waals surface area contributed by atoms with Crippen LogP contribution in [0.1, 0.15) is 33.1 Å². The van der Waals surface area contributed by atoms with Gasteiger partial charge < -0.3 is 19.8 Å². The smallest absolute Gasteiger partial charge is 0.405 e. The van der Waals surface area contributed by atoms with Crippen LogP contribution < -0.4 is 5.32 Å². The number of carboxylic acid groups (broad SMARTS) is 1. The van der Waals surface area contributed by atoms with Crippen LogP contribution in [0.25, 0.3) is 11.6 Å². The lowest BCUT2D eigenvalue weighted by atomic mass is 10.00. The zero-order valence-corrected chi connectivity index (χ0v) is 15.5. The third-order valence-electron chi connectivity index (χ3n) is 3.82. The van der Waals surface area contributed by atoms with Gasteiger partial charge in [0.1, 0.15) is 5.69 Å². The molecule has 134 valence electrons. The zero-order valence-electron chi connectivity index (χ0n) is 14.0. The Kier molecular flexibility index (Phi) is 4.90. The van der Waals surface area contributed by atoms with E-state index in [1.165, 1.54) is 0 Å². The number of hydrogen-bond donors (Lipinski definition) is 3. The number of aromatic amines is 1. The third kappa shape index (κ3) is 3.52. The summed E-state index contributed by atoms with van der Waals surface area (Å²) in [5.41, 5.74) is 3.02. The van der Waals surface area contributed by atoms with Gasteiger partial charge >= 0.3 is 6.09 Å². The highest BCUT2D eigenvalue weighted by atomic mass is 79.9. The van der Waals surface area contributed by atoms with Crippen LogP contribution in [0.4, 0.5) is 4.79 Å². The molecule has 0 saturated heterocycles. The van der Waals surface area contributed by atoms with Crippen LogP contribution >= 0.6 is 15.9 Å². The molecule has 3 N–H and O–H groups in total. The average Bonchev–Trinajstić information content (AvgIpc) is 3.17. The van der Waals surface area contributed by atoms with Gasteiger partial charge in [-0.3, -0.25) is 4.79 Å². The van der Waals surface area contributed by atoms with Crippen molar-refractivity contribution in [1.82, 2.24) is 20.5 Å². The molecular weight excluding hydrogens is 404 g/mol. The monoisotopic (exact) mass is 418 g/mol. The first-order chi connectivity index (χ1) is 12.4. The van der Waals surface area contributed by atoms with Gasteiger partial charge in [0.2, 0.25) is 5.89 Å². The molecule has 0 radical (unpaired) electrons. The summed E-state index contributed by atoms with van der Waals surface area (Å²) in [7, 11) is 0. The summed E-state index contributed by atoms with van der Waals surface area (Å²) in [5, 5.41) is 18.5. The van der Waals surface area contributed by atoms with Crippen molar-refractivity contribution in [3.8, 4) is 11.6 Å². The summed E-state index contributed by atoms with van der Waals surface area (Å²) < 4.78 is 6.30. The van der Waals surface area contributed by atoms with E-state index in [0.29, 0.717) is 28.1 Å². The molecule has 0 aliphatic carbocycles. The molecule has 0 atom stereocenters. The van der Waals surface area contributed by atoms with Crippen molar-refractivity contribution in [1.29, 1.82) is 0 Å². The van der Waals surface area contributed by atoms with Crippen LogP contribution in [0.15, 0.2) is 33.2 Å². The molecule has 0 saturated carbocycles. The van der Waals surface area contributed by atoms with Gasteiger partial charge in [0, 0.05) is 21.3 Å². The summed E-state index contributed by atoms with van der Waals surface area (Å²) in [5.74, 6) is 0.214. The largest absolute Gasteiger partial charge is 0.465 e. The number of carbonyl (C=O) groups excluding carboxylic acids is 1. The van der Waals surface area contributed by atoms with Crippen LogP contribution in [0, 0.1) is 13.8 Å². The number of carbonyl (C=O) groups is 2. The second-order valence-corrected chi connectivity index (χ2v) is 6.54. The lowest BCUT2D eigenvalue weighted by Gasteiger charge is -2.03. The maximum atomic E-state index is 12.9. The fourth-order valence-electron chi connectivity index (χ4n) is 2.66. The number of aryl methyl sites for hydroxylation is 1. The Morgan fingerprint density at radius 1 is 1.31 bits per heavy atom. The maximum absolute atomic E-state index is 12.9. The summed E-state index contributed by atoms with van der Waals surface area (Å²) in [6.45, 7) is 3.50. The predicted octanol–water partition coefficient (Wildman–Crippen LogP) is 3.44. The van der Waals surface area contributed by atoms with Crippen molar-refractivity contribution in [2.75, 3.05) is 0 Å². The molecule has 0 aliphatic heterocycles. The van der Waals surface area contributed by atoms with E-state index < -0.39 is 6.09 Å². The number of H-pyrrole nitrogens is 1. The molecule has 8 nitrogen and oxygen atoms in total. The Hall–Kier alpha value is -2.94. The minimum Gasteiger partial charge on any atom is -0.465 e. The summed E-state index contributed by atoms with van der Waals surface area (Å²) in [4.78, 5) is 26.5. The number of rotatable bonds is 5. The van der Waals surface area contributed by atoms with E-state index in [4.69, 9.17) is 9.52 Å². The molecule has 0 unspecified atom stereocenters. The van der Waals surface area contributed by atoms with Crippen LogP contribution in [-0.2, 0) is 6.54 Å². The SMILES string of the molecule is Cc1[nH]c(-c2nnc(CNC(=O)O)o2)c(C)c1C(=O)c1cccc(Br)c1. The normalized spacial score (nSPS) is 10.7. The first-order valence-electron chi connectivity index (χ1n) is 7.65. The lowest BCUT2D eigenvalue weighted by Crippen LogP contribution is -2.20. The standard InChI is InChI=1S/C17H15BrN4O4/c1-8-13(15(23)10-4-3-5-11(18)6-10)9(2)20-14(8)16-22-21-12(26-16)7-19-17(24)25/h3-6,19-20H,7H2,1-2H3,(H,24,25). The second-order valence-electron chi connectivity index (χ2n) is 5.62. The predicted molar refractivity (Wildman–Crippen MR) is 96.0 cm³/mol. The number of aromatic nitrogens is 3. The number of amides is 1. The number of nitrogens with zero attached hydrogens (tertiary/aromatic N) is 2. The summed E-state index contributed by atoms with van der Waals surface area (Å²) >= 11 is 3.37. The van der Waals surface area contributed by atoms with Crippen LogP contribution in [0.2, 0.25) is 0 Å². The van der Waals surface area contributed by atoms with E-state index in [9.17, 15) is 9.59 Å². The first kappa shape index (κ1) is 17.9. The number of benzene rings is 1. The Labute approximate surface area is 156 Å². The van der Waals surface area contributed by atoms with Crippen molar-refractivity contribution in [2.24, 2.45) is 0 Å². The van der Waals surface area contributed by atoms with E-state index in [2.05, 4.69) is 36.4 Å². The molecule has 9 heteroatoms. The molecule has 2 aromatic heterocycles. The number of ketones is 1. The maximum Gasteiger partial charge on any atom is 0.405 e. The Bertz CT molecular complexity index is 993. The van der Waals surface area contributed by atoms with Crippen molar-refractivity contribution in [2.45, 2.75) is 20.4 Å².